The van der Waals surface area contributed by atoms with Crippen LogP contribution in [0.3, 0.4) is 0 Å². The van der Waals surface area contributed by atoms with Crippen LogP contribution in [0.5, 0.6) is 0 Å². The summed E-state index contributed by atoms with van der Waals surface area (Å²) in [5.74, 6) is 0.250. The van der Waals surface area contributed by atoms with Gasteiger partial charge in [0.1, 0.15) is 22.2 Å². The van der Waals surface area contributed by atoms with Gasteiger partial charge in [-0.15, -0.1) is 0 Å². The molecule has 3 aromatic rings. The number of aromatic nitrogens is 3. The van der Waals surface area contributed by atoms with E-state index < -0.39 is 10.0 Å². The van der Waals surface area contributed by atoms with Crippen LogP contribution in [0, 0.1) is 19.7 Å². The Bertz CT molecular complexity index is 1070. The number of H-pyrrole nitrogens is 1. The largest absolute Gasteiger partial charge is 0.360 e. The van der Waals surface area contributed by atoms with Gasteiger partial charge in [0, 0.05) is 30.6 Å². The van der Waals surface area contributed by atoms with Gasteiger partial charge in [0.15, 0.2) is 0 Å². The quantitative estimate of drug-likeness (QED) is 0.758. The molecule has 0 unspecified atom stereocenters. The summed E-state index contributed by atoms with van der Waals surface area (Å²) in [5, 5.41) is 10.7. The summed E-state index contributed by atoms with van der Waals surface area (Å²) < 4.78 is 46.5. The second kappa shape index (κ2) is 6.03. The molecule has 0 spiro atoms. The van der Waals surface area contributed by atoms with Crippen LogP contribution >= 0.6 is 0 Å². The zero-order chi connectivity index (χ0) is 18.5. The summed E-state index contributed by atoms with van der Waals surface area (Å²) in [6, 6.07) is 6.01. The lowest BCUT2D eigenvalue weighted by molar-refractivity contribution is 0.331. The maximum Gasteiger partial charge on any atom is 0.247 e. The molecule has 9 heteroatoms. The number of hydrogen-bond acceptors (Lipinski definition) is 5. The molecule has 0 bridgehead atoms. The molecule has 0 amide bonds. The minimum atomic E-state index is -3.71. The molecule has 0 aliphatic carbocycles. The van der Waals surface area contributed by atoms with Crippen molar-refractivity contribution in [2.75, 3.05) is 6.54 Å². The van der Waals surface area contributed by atoms with E-state index in [4.69, 9.17) is 4.52 Å². The third kappa shape index (κ3) is 2.63. The molecule has 4 rings (SSSR count). The molecular weight excluding hydrogens is 359 g/mol. The Morgan fingerprint density at radius 1 is 1.31 bits per heavy atom. The average molecular weight is 376 g/mol. The lowest BCUT2D eigenvalue weighted by Crippen LogP contribution is -2.36. The topological polar surface area (TPSA) is 92.1 Å². The number of aryl methyl sites for hydroxylation is 2. The molecular formula is C17H17FN4O3S. The molecule has 1 aromatic carbocycles. The Labute approximate surface area is 149 Å². The Hall–Kier alpha value is -2.52. The first-order chi connectivity index (χ1) is 12.4. The van der Waals surface area contributed by atoms with Crippen LogP contribution in [0.2, 0.25) is 0 Å². The summed E-state index contributed by atoms with van der Waals surface area (Å²) >= 11 is 0. The molecule has 0 saturated carbocycles. The van der Waals surface area contributed by atoms with Gasteiger partial charge in [0.25, 0.3) is 0 Å². The van der Waals surface area contributed by atoms with E-state index in [2.05, 4.69) is 15.4 Å². The first-order valence-electron chi connectivity index (χ1n) is 8.13. The maximum absolute atomic E-state index is 13.6. The van der Waals surface area contributed by atoms with E-state index in [0.29, 0.717) is 40.4 Å². The zero-order valence-corrected chi connectivity index (χ0v) is 15.1. The predicted molar refractivity (Wildman–Crippen MR) is 91.3 cm³/mol. The van der Waals surface area contributed by atoms with E-state index in [0.717, 1.165) is 0 Å². The first kappa shape index (κ1) is 16.9. The van der Waals surface area contributed by atoms with Crippen LogP contribution in [0.4, 0.5) is 4.39 Å². The Balaban J connectivity index is 1.73. The Morgan fingerprint density at radius 2 is 2.12 bits per heavy atom. The fourth-order valence-corrected chi connectivity index (χ4v) is 5.04. The van der Waals surface area contributed by atoms with Gasteiger partial charge in [-0.25, -0.2) is 12.8 Å². The normalized spacial score (nSPS) is 15.2. The minimum Gasteiger partial charge on any atom is -0.360 e. The van der Waals surface area contributed by atoms with Gasteiger partial charge in [0.2, 0.25) is 10.0 Å². The van der Waals surface area contributed by atoms with E-state index in [1.807, 2.05) is 0 Å². The molecule has 2 aromatic heterocycles. The highest BCUT2D eigenvalue weighted by molar-refractivity contribution is 7.89. The molecule has 0 fully saturated rings. The van der Waals surface area contributed by atoms with Crippen molar-refractivity contribution in [3.05, 3.63) is 52.8 Å². The summed E-state index contributed by atoms with van der Waals surface area (Å²) in [7, 11) is -3.71. The van der Waals surface area contributed by atoms with Crippen LogP contribution in [-0.2, 0) is 23.0 Å². The number of benzene rings is 1. The highest BCUT2D eigenvalue weighted by Crippen LogP contribution is 2.33. The van der Waals surface area contributed by atoms with E-state index in [1.165, 1.54) is 16.4 Å². The van der Waals surface area contributed by atoms with Crippen molar-refractivity contribution in [2.45, 2.75) is 31.7 Å². The number of sulfonamides is 1. The molecule has 0 saturated heterocycles. The van der Waals surface area contributed by atoms with Crippen molar-refractivity contribution >= 4 is 10.0 Å². The molecule has 3 heterocycles. The number of nitrogens with one attached hydrogen (secondary N) is 1. The fourth-order valence-electron chi connectivity index (χ4n) is 3.30. The highest BCUT2D eigenvalue weighted by atomic mass is 32.2. The number of rotatable bonds is 3. The minimum absolute atomic E-state index is 0.122. The fraction of sp³-hybridized carbons (Fsp3) is 0.294. The molecule has 136 valence electrons. The van der Waals surface area contributed by atoms with Crippen molar-refractivity contribution in [2.24, 2.45) is 0 Å². The van der Waals surface area contributed by atoms with Crippen LogP contribution in [-0.4, -0.2) is 34.6 Å². The lowest BCUT2D eigenvalue weighted by atomic mass is 10.0. The van der Waals surface area contributed by atoms with Gasteiger partial charge < -0.3 is 4.52 Å². The Kier molecular flexibility index (Phi) is 3.92. The number of aromatic amines is 1. The third-order valence-electron chi connectivity index (χ3n) is 4.55. The van der Waals surface area contributed by atoms with Crippen molar-refractivity contribution in [3.63, 3.8) is 0 Å². The van der Waals surface area contributed by atoms with Crippen molar-refractivity contribution in [1.29, 1.82) is 0 Å². The van der Waals surface area contributed by atoms with Crippen LogP contribution in [0.15, 0.2) is 33.7 Å². The van der Waals surface area contributed by atoms with Gasteiger partial charge >= 0.3 is 0 Å². The van der Waals surface area contributed by atoms with Crippen molar-refractivity contribution in [3.8, 4) is 11.3 Å². The lowest BCUT2D eigenvalue weighted by Gasteiger charge is -2.25. The van der Waals surface area contributed by atoms with Crippen molar-refractivity contribution in [1.82, 2.24) is 19.7 Å². The first-order valence-corrected chi connectivity index (χ1v) is 9.57. The van der Waals surface area contributed by atoms with Gasteiger partial charge in [-0.05, 0) is 26.0 Å². The van der Waals surface area contributed by atoms with Crippen LogP contribution in [0.25, 0.3) is 11.3 Å². The molecule has 1 N–H and O–H groups in total. The third-order valence-corrected chi connectivity index (χ3v) is 6.66. The SMILES string of the molecule is Cc1n[nH]c(C)c1S(=O)(=O)N1CCc2onc(-c3cccc(F)c3)c2C1. The van der Waals surface area contributed by atoms with E-state index in [-0.39, 0.29) is 23.8 Å². The van der Waals surface area contributed by atoms with Gasteiger partial charge in [-0.2, -0.15) is 9.40 Å². The van der Waals surface area contributed by atoms with E-state index in [9.17, 15) is 12.8 Å². The molecule has 1 aliphatic rings. The number of hydrogen-bond donors (Lipinski definition) is 1. The second-order valence-corrected chi connectivity index (χ2v) is 8.17. The standard InChI is InChI=1S/C17H17FN4O3S/c1-10-17(11(2)20-19-10)26(23,24)22-7-6-15-14(9-22)16(21-25-15)12-4-3-5-13(18)8-12/h3-5,8H,6-7,9H2,1-2H3,(H,19,20). The molecule has 7 nitrogen and oxygen atoms in total. The summed E-state index contributed by atoms with van der Waals surface area (Å²) in [4.78, 5) is 0.199. The summed E-state index contributed by atoms with van der Waals surface area (Å²) in [6.45, 7) is 3.75. The number of nitrogens with zero attached hydrogens (tertiary/aromatic N) is 3. The van der Waals surface area contributed by atoms with Gasteiger partial charge in [0.05, 0.1) is 11.4 Å². The smallest absolute Gasteiger partial charge is 0.247 e. The monoisotopic (exact) mass is 376 g/mol. The maximum atomic E-state index is 13.6. The number of fused-ring (bicyclic) bond motifs is 1. The predicted octanol–water partition coefficient (Wildman–Crippen LogP) is 2.57. The second-order valence-electron chi connectivity index (χ2n) is 6.29. The van der Waals surface area contributed by atoms with Crippen LogP contribution in [0.1, 0.15) is 22.7 Å². The summed E-state index contributed by atoms with van der Waals surface area (Å²) in [6.07, 6.45) is 0.410. The van der Waals surface area contributed by atoms with Crippen molar-refractivity contribution < 1.29 is 17.3 Å². The molecule has 1 aliphatic heterocycles. The molecule has 26 heavy (non-hydrogen) atoms. The molecule has 0 atom stereocenters. The number of halogens is 1. The van der Waals surface area contributed by atoms with E-state index >= 15 is 0 Å². The Morgan fingerprint density at radius 3 is 2.81 bits per heavy atom. The van der Waals surface area contributed by atoms with Crippen LogP contribution < -0.4 is 0 Å². The van der Waals surface area contributed by atoms with Gasteiger partial charge in [-0.1, -0.05) is 17.3 Å². The highest BCUT2D eigenvalue weighted by Gasteiger charge is 2.35. The summed E-state index contributed by atoms with van der Waals surface area (Å²) in [5.41, 5.74) is 2.64. The average Bonchev–Trinajstić information content (AvgIpc) is 3.17. The van der Waals surface area contributed by atoms with E-state index in [1.54, 1.807) is 26.0 Å². The molecule has 0 radical (unpaired) electrons. The van der Waals surface area contributed by atoms with Gasteiger partial charge in [-0.3, -0.25) is 5.10 Å². The zero-order valence-electron chi connectivity index (χ0n) is 14.3.